The number of halogens is 1. The highest BCUT2D eigenvalue weighted by molar-refractivity contribution is 6.31. The van der Waals surface area contributed by atoms with Crippen molar-refractivity contribution in [2.45, 2.75) is 38.6 Å². The molecule has 98 valence electrons. The number of carbonyl (C=O) groups excluding carboxylic acids is 1. The normalized spacial score (nSPS) is 17.7. The highest BCUT2D eigenvalue weighted by Gasteiger charge is 2.23. The molecule has 2 rings (SSSR count). The van der Waals surface area contributed by atoms with E-state index >= 15 is 0 Å². The van der Waals surface area contributed by atoms with Crippen molar-refractivity contribution < 1.29 is 4.79 Å². The Morgan fingerprint density at radius 2 is 2.11 bits per heavy atom. The minimum Gasteiger partial charge on any atom is -0.398 e. The van der Waals surface area contributed by atoms with Gasteiger partial charge < -0.3 is 11.1 Å². The van der Waals surface area contributed by atoms with E-state index < -0.39 is 0 Å². The van der Waals surface area contributed by atoms with Crippen LogP contribution in [0.5, 0.6) is 0 Å². The van der Waals surface area contributed by atoms with Gasteiger partial charge in [0.2, 0.25) is 0 Å². The Morgan fingerprint density at radius 3 is 2.72 bits per heavy atom. The highest BCUT2D eigenvalue weighted by Crippen LogP contribution is 2.28. The molecule has 1 aliphatic rings. The summed E-state index contributed by atoms with van der Waals surface area (Å²) in [6.45, 7) is 2.07. The lowest BCUT2D eigenvalue weighted by atomic mass is 9.99. The number of hydrogen-bond donors (Lipinski definition) is 2. The number of benzene rings is 1. The van der Waals surface area contributed by atoms with Gasteiger partial charge in [0.15, 0.2) is 0 Å². The second-order valence-corrected chi connectivity index (χ2v) is 5.47. The summed E-state index contributed by atoms with van der Waals surface area (Å²) in [5, 5.41) is 3.59. The molecule has 0 heterocycles. The maximum Gasteiger partial charge on any atom is 0.253 e. The number of rotatable bonds is 3. The average molecular weight is 267 g/mol. The minimum atomic E-state index is -0.108. The predicted octanol–water partition coefficient (Wildman–Crippen LogP) is 3.23. The Hall–Kier alpha value is -1.22. The maximum absolute atomic E-state index is 12.1. The topological polar surface area (TPSA) is 55.1 Å². The summed E-state index contributed by atoms with van der Waals surface area (Å²) in [7, 11) is 0. The van der Waals surface area contributed by atoms with E-state index in [0.29, 0.717) is 22.2 Å². The van der Waals surface area contributed by atoms with E-state index in [1.807, 2.05) is 0 Å². The van der Waals surface area contributed by atoms with Gasteiger partial charge in [0.25, 0.3) is 5.91 Å². The van der Waals surface area contributed by atoms with Gasteiger partial charge in [0.1, 0.15) is 0 Å². The zero-order chi connectivity index (χ0) is 13.1. The SMILES string of the molecule is C[C@H](NC(=O)c1ccc(Cl)cc1N)C1CCCC1. The van der Waals surface area contributed by atoms with Gasteiger partial charge in [-0.25, -0.2) is 0 Å². The first kappa shape index (κ1) is 13.2. The van der Waals surface area contributed by atoms with Gasteiger partial charge in [0.05, 0.1) is 5.56 Å². The molecule has 0 aliphatic heterocycles. The lowest BCUT2D eigenvalue weighted by Crippen LogP contribution is -2.37. The number of nitrogens with two attached hydrogens (primary N) is 1. The van der Waals surface area contributed by atoms with Crippen molar-refractivity contribution in [3.63, 3.8) is 0 Å². The Bertz CT molecular complexity index is 441. The second kappa shape index (κ2) is 5.61. The van der Waals surface area contributed by atoms with Crippen molar-refractivity contribution in [3.05, 3.63) is 28.8 Å². The summed E-state index contributed by atoms with van der Waals surface area (Å²) in [5.41, 5.74) is 6.74. The number of hydrogen-bond acceptors (Lipinski definition) is 2. The van der Waals surface area contributed by atoms with Gasteiger partial charge in [-0.3, -0.25) is 4.79 Å². The fourth-order valence-electron chi connectivity index (χ4n) is 2.60. The molecule has 1 saturated carbocycles. The van der Waals surface area contributed by atoms with Gasteiger partial charge in [-0.05, 0) is 43.9 Å². The van der Waals surface area contributed by atoms with E-state index in [1.54, 1.807) is 18.2 Å². The van der Waals surface area contributed by atoms with Gasteiger partial charge in [-0.1, -0.05) is 24.4 Å². The molecule has 0 spiro atoms. The molecule has 0 unspecified atom stereocenters. The van der Waals surface area contributed by atoms with Crippen molar-refractivity contribution in [3.8, 4) is 0 Å². The summed E-state index contributed by atoms with van der Waals surface area (Å²) < 4.78 is 0. The van der Waals surface area contributed by atoms with Crippen molar-refractivity contribution >= 4 is 23.2 Å². The fourth-order valence-corrected chi connectivity index (χ4v) is 2.78. The summed E-state index contributed by atoms with van der Waals surface area (Å²) >= 11 is 5.82. The fraction of sp³-hybridized carbons (Fsp3) is 0.500. The van der Waals surface area contributed by atoms with Gasteiger partial charge in [-0.15, -0.1) is 0 Å². The van der Waals surface area contributed by atoms with Crippen LogP contribution in [-0.2, 0) is 0 Å². The molecule has 0 saturated heterocycles. The number of nitrogen functional groups attached to an aromatic ring is 1. The minimum absolute atomic E-state index is 0.108. The van der Waals surface area contributed by atoms with E-state index in [1.165, 1.54) is 25.7 Å². The predicted molar refractivity (Wildman–Crippen MR) is 74.8 cm³/mol. The molecule has 3 N–H and O–H groups in total. The molecule has 18 heavy (non-hydrogen) atoms. The van der Waals surface area contributed by atoms with Crippen molar-refractivity contribution in [2.24, 2.45) is 5.92 Å². The molecular formula is C14H19ClN2O. The van der Waals surface area contributed by atoms with E-state index in [-0.39, 0.29) is 11.9 Å². The molecule has 0 radical (unpaired) electrons. The average Bonchev–Trinajstić information content (AvgIpc) is 2.81. The number of anilines is 1. The Labute approximate surface area is 113 Å². The lowest BCUT2D eigenvalue weighted by Gasteiger charge is -2.20. The molecule has 4 heteroatoms. The van der Waals surface area contributed by atoms with Crippen molar-refractivity contribution in [1.82, 2.24) is 5.32 Å². The van der Waals surface area contributed by atoms with Crippen LogP contribution in [-0.4, -0.2) is 11.9 Å². The van der Waals surface area contributed by atoms with Crippen LogP contribution in [0.15, 0.2) is 18.2 Å². The van der Waals surface area contributed by atoms with Gasteiger partial charge >= 0.3 is 0 Å². The molecule has 1 aromatic rings. The first-order chi connectivity index (χ1) is 8.58. The van der Waals surface area contributed by atoms with Gasteiger partial charge in [-0.2, -0.15) is 0 Å². The first-order valence-electron chi connectivity index (χ1n) is 6.44. The Kier molecular flexibility index (Phi) is 4.12. The molecule has 0 aromatic heterocycles. The third-order valence-electron chi connectivity index (χ3n) is 3.72. The summed E-state index contributed by atoms with van der Waals surface area (Å²) in [6, 6.07) is 5.17. The molecule has 1 atom stereocenters. The Morgan fingerprint density at radius 1 is 1.44 bits per heavy atom. The molecule has 3 nitrogen and oxygen atoms in total. The molecule has 1 aliphatic carbocycles. The van der Waals surface area contributed by atoms with Crippen LogP contribution in [0.3, 0.4) is 0 Å². The van der Waals surface area contributed by atoms with Crippen molar-refractivity contribution in [1.29, 1.82) is 0 Å². The summed E-state index contributed by atoms with van der Waals surface area (Å²) in [4.78, 5) is 12.1. The van der Waals surface area contributed by atoms with E-state index in [9.17, 15) is 4.79 Å². The second-order valence-electron chi connectivity index (χ2n) is 5.04. The molecule has 0 bridgehead atoms. The maximum atomic E-state index is 12.1. The summed E-state index contributed by atoms with van der Waals surface area (Å²) in [6.07, 6.45) is 4.96. The molecular weight excluding hydrogens is 248 g/mol. The van der Waals surface area contributed by atoms with E-state index in [4.69, 9.17) is 17.3 Å². The Balaban J connectivity index is 2.02. The van der Waals surface area contributed by atoms with Crippen molar-refractivity contribution in [2.75, 3.05) is 5.73 Å². The van der Waals surface area contributed by atoms with E-state index in [0.717, 1.165) is 0 Å². The molecule has 1 fully saturated rings. The number of nitrogens with one attached hydrogen (secondary N) is 1. The zero-order valence-electron chi connectivity index (χ0n) is 10.6. The third-order valence-corrected chi connectivity index (χ3v) is 3.96. The molecule has 1 aromatic carbocycles. The zero-order valence-corrected chi connectivity index (χ0v) is 11.3. The highest BCUT2D eigenvalue weighted by atomic mass is 35.5. The largest absolute Gasteiger partial charge is 0.398 e. The van der Waals surface area contributed by atoms with Crippen LogP contribution in [0.25, 0.3) is 0 Å². The van der Waals surface area contributed by atoms with E-state index in [2.05, 4.69) is 12.2 Å². The smallest absolute Gasteiger partial charge is 0.253 e. The van der Waals surface area contributed by atoms with Crippen LogP contribution >= 0.6 is 11.6 Å². The number of carbonyl (C=O) groups is 1. The quantitative estimate of drug-likeness (QED) is 0.826. The molecule has 1 amide bonds. The first-order valence-corrected chi connectivity index (χ1v) is 6.81. The van der Waals surface area contributed by atoms with Gasteiger partial charge in [0, 0.05) is 16.8 Å². The number of amides is 1. The monoisotopic (exact) mass is 266 g/mol. The van der Waals surface area contributed by atoms with Crippen LogP contribution in [0.2, 0.25) is 5.02 Å². The standard InChI is InChI=1S/C14H19ClN2O/c1-9(10-4-2-3-5-10)17-14(18)12-7-6-11(15)8-13(12)16/h6-10H,2-5,16H2,1H3,(H,17,18)/t9-/m0/s1. The summed E-state index contributed by atoms with van der Waals surface area (Å²) in [5.74, 6) is 0.492. The van der Waals surface area contributed by atoms with Crippen LogP contribution in [0, 0.1) is 5.92 Å². The lowest BCUT2D eigenvalue weighted by molar-refractivity contribution is 0.0928. The third kappa shape index (κ3) is 2.96. The van der Waals surface area contributed by atoms with Crippen LogP contribution in [0.4, 0.5) is 5.69 Å². The van der Waals surface area contributed by atoms with Crippen LogP contribution in [0.1, 0.15) is 43.0 Å². The van der Waals surface area contributed by atoms with Crippen LogP contribution < -0.4 is 11.1 Å².